The monoisotopic (exact) mass is 216 g/mol. The fourth-order valence-corrected chi connectivity index (χ4v) is 0.672. The first-order valence-corrected chi connectivity index (χ1v) is 4.37. The van der Waals surface area contributed by atoms with Crippen molar-refractivity contribution in [2.45, 2.75) is 6.92 Å². The van der Waals surface area contributed by atoms with Crippen molar-refractivity contribution < 1.29 is 23.6 Å². The Balaban J connectivity index is -0.000000405. The molecule has 2 radical (unpaired) electrons. The predicted octanol–water partition coefficient (Wildman–Crippen LogP) is -0.629. The summed E-state index contributed by atoms with van der Waals surface area (Å²) in [5.41, 5.74) is 0. The minimum atomic E-state index is -4.29. The fourth-order valence-electron chi connectivity index (χ4n) is 0.359. The third-order valence-corrected chi connectivity index (χ3v) is 1.21. The van der Waals surface area contributed by atoms with E-state index in [0.29, 0.717) is 6.61 Å². The second kappa shape index (κ2) is 11.1. The van der Waals surface area contributed by atoms with Crippen molar-refractivity contribution in [3.63, 3.8) is 0 Å². The largest absolute Gasteiger partial charge is 0.469 e. The SMILES string of the molecule is CCOCCOP(=O)(O)O.[Na].[Na]. The summed E-state index contributed by atoms with van der Waals surface area (Å²) in [5, 5.41) is 0. The summed E-state index contributed by atoms with van der Waals surface area (Å²) in [7, 11) is -4.29. The summed E-state index contributed by atoms with van der Waals surface area (Å²) in [5.74, 6) is 0. The van der Waals surface area contributed by atoms with Crippen molar-refractivity contribution in [2.75, 3.05) is 19.8 Å². The van der Waals surface area contributed by atoms with Crippen LogP contribution in [0.3, 0.4) is 0 Å². The maximum absolute atomic E-state index is 10.0. The number of ether oxygens (including phenoxy) is 1. The molecule has 0 aliphatic heterocycles. The van der Waals surface area contributed by atoms with Gasteiger partial charge in [0.1, 0.15) is 0 Å². The van der Waals surface area contributed by atoms with Gasteiger partial charge in [0.25, 0.3) is 0 Å². The first-order chi connectivity index (χ1) is 4.56. The van der Waals surface area contributed by atoms with Crippen LogP contribution in [0.1, 0.15) is 6.92 Å². The Labute approximate surface area is 116 Å². The normalized spacial score (nSPS) is 9.92. The third-order valence-electron chi connectivity index (χ3n) is 0.691. The predicted molar refractivity (Wildman–Crippen MR) is 46.0 cm³/mol. The Kier molecular flexibility index (Phi) is 18.2. The zero-order valence-corrected chi connectivity index (χ0v) is 12.6. The number of phosphoric acid groups is 1. The average molecular weight is 216 g/mol. The third kappa shape index (κ3) is 18.0. The van der Waals surface area contributed by atoms with Crippen molar-refractivity contribution >= 4 is 66.9 Å². The molecule has 0 atom stereocenters. The van der Waals surface area contributed by atoms with E-state index in [1.54, 1.807) is 6.92 Å². The van der Waals surface area contributed by atoms with E-state index in [-0.39, 0.29) is 72.3 Å². The molecule has 0 unspecified atom stereocenters. The van der Waals surface area contributed by atoms with E-state index in [1.807, 2.05) is 0 Å². The standard InChI is InChI=1S/C4H11O5P.2Na/c1-2-8-3-4-9-10(5,6)7;;/h2-4H2,1H3,(H2,5,6,7);;. The van der Waals surface area contributed by atoms with E-state index in [4.69, 9.17) is 14.5 Å². The fraction of sp³-hybridized carbons (Fsp3) is 1.00. The first kappa shape index (κ1) is 19.6. The molecule has 0 aliphatic rings. The summed E-state index contributed by atoms with van der Waals surface area (Å²) in [4.78, 5) is 16.3. The molecule has 0 aromatic carbocycles. The number of rotatable bonds is 5. The Morgan fingerprint density at radius 1 is 1.25 bits per heavy atom. The van der Waals surface area contributed by atoms with Crippen molar-refractivity contribution in [1.82, 2.24) is 0 Å². The molecule has 0 bridgehead atoms. The number of phosphoric ester groups is 1. The van der Waals surface area contributed by atoms with E-state index >= 15 is 0 Å². The van der Waals surface area contributed by atoms with Gasteiger partial charge in [-0.15, -0.1) is 0 Å². The van der Waals surface area contributed by atoms with Gasteiger partial charge in [-0.05, 0) is 6.92 Å². The van der Waals surface area contributed by atoms with Crippen LogP contribution >= 0.6 is 7.82 Å². The number of hydrogen-bond donors (Lipinski definition) is 2. The summed E-state index contributed by atoms with van der Waals surface area (Å²) >= 11 is 0. The second-order valence-electron chi connectivity index (χ2n) is 1.52. The molecule has 0 saturated heterocycles. The molecule has 0 amide bonds. The van der Waals surface area contributed by atoms with Crippen LogP contribution in [-0.4, -0.2) is 88.7 Å². The van der Waals surface area contributed by atoms with Gasteiger partial charge in [0.2, 0.25) is 0 Å². The van der Waals surface area contributed by atoms with Gasteiger partial charge in [0.05, 0.1) is 13.2 Å². The molecule has 0 heterocycles. The van der Waals surface area contributed by atoms with E-state index < -0.39 is 7.82 Å². The van der Waals surface area contributed by atoms with Crippen LogP contribution in [0.25, 0.3) is 0 Å². The molecule has 64 valence electrons. The van der Waals surface area contributed by atoms with Crippen LogP contribution in [0.5, 0.6) is 0 Å². The van der Waals surface area contributed by atoms with Gasteiger partial charge in [-0.2, -0.15) is 0 Å². The topological polar surface area (TPSA) is 76.0 Å². The van der Waals surface area contributed by atoms with Gasteiger partial charge < -0.3 is 14.5 Å². The van der Waals surface area contributed by atoms with Crippen LogP contribution in [0.2, 0.25) is 0 Å². The Bertz CT molecular complexity index is 127. The maximum atomic E-state index is 10.0. The van der Waals surface area contributed by atoms with Crippen LogP contribution in [0, 0.1) is 0 Å². The van der Waals surface area contributed by atoms with Gasteiger partial charge >= 0.3 is 7.82 Å². The van der Waals surface area contributed by atoms with Crippen molar-refractivity contribution in [3.05, 3.63) is 0 Å². The van der Waals surface area contributed by atoms with Gasteiger partial charge in [-0.3, -0.25) is 4.52 Å². The quantitative estimate of drug-likeness (QED) is 0.363. The molecule has 0 fully saturated rings. The summed E-state index contributed by atoms with van der Waals surface area (Å²) < 4.78 is 18.8. The Morgan fingerprint density at radius 2 is 1.75 bits per heavy atom. The summed E-state index contributed by atoms with van der Waals surface area (Å²) in [6.45, 7) is 2.45. The summed E-state index contributed by atoms with van der Waals surface area (Å²) in [6, 6.07) is 0. The molecular formula is C4H11Na2O5P. The van der Waals surface area contributed by atoms with Crippen molar-refractivity contribution in [3.8, 4) is 0 Å². The van der Waals surface area contributed by atoms with Gasteiger partial charge in [-0.1, -0.05) is 0 Å². The zero-order valence-electron chi connectivity index (χ0n) is 7.69. The Morgan fingerprint density at radius 3 is 2.08 bits per heavy atom. The van der Waals surface area contributed by atoms with Gasteiger partial charge in [-0.25, -0.2) is 4.57 Å². The average Bonchev–Trinajstić information content (AvgIpc) is 1.78. The smallest absolute Gasteiger partial charge is 0.379 e. The van der Waals surface area contributed by atoms with E-state index in [2.05, 4.69) is 4.52 Å². The molecule has 0 saturated carbocycles. The Hall–Kier alpha value is 2.07. The van der Waals surface area contributed by atoms with Crippen molar-refractivity contribution in [2.24, 2.45) is 0 Å². The van der Waals surface area contributed by atoms with Crippen LogP contribution in [0.4, 0.5) is 0 Å². The van der Waals surface area contributed by atoms with E-state index in [1.165, 1.54) is 0 Å². The maximum Gasteiger partial charge on any atom is 0.469 e. The van der Waals surface area contributed by atoms with Crippen LogP contribution in [0.15, 0.2) is 0 Å². The van der Waals surface area contributed by atoms with E-state index in [0.717, 1.165) is 0 Å². The number of hydrogen-bond acceptors (Lipinski definition) is 3. The molecule has 5 nitrogen and oxygen atoms in total. The molecule has 2 N–H and O–H groups in total. The minimum absolute atomic E-state index is 0. The molecule has 0 rings (SSSR count). The molecule has 0 spiro atoms. The molecule has 0 aliphatic carbocycles. The minimum Gasteiger partial charge on any atom is -0.379 e. The molecule has 0 aromatic rings. The molecule has 8 heteroatoms. The summed E-state index contributed by atoms with van der Waals surface area (Å²) in [6.07, 6.45) is 0. The zero-order chi connectivity index (χ0) is 8.04. The van der Waals surface area contributed by atoms with Crippen molar-refractivity contribution in [1.29, 1.82) is 0 Å². The van der Waals surface area contributed by atoms with Crippen LogP contribution < -0.4 is 0 Å². The molecular weight excluding hydrogens is 205 g/mol. The van der Waals surface area contributed by atoms with Gasteiger partial charge in [0.15, 0.2) is 0 Å². The second-order valence-corrected chi connectivity index (χ2v) is 2.76. The molecule has 12 heavy (non-hydrogen) atoms. The van der Waals surface area contributed by atoms with E-state index in [9.17, 15) is 4.57 Å². The van der Waals surface area contributed by atoms with Crippen LogP contribution in [-0.2, 0) is 13.8 Å². The first-order valence-electron chi connectivity index (χ1n) is 2.84. The molecule has 0 aromatic heterocycles. The van der Waals surface area contributed by atoms with Gasteiger partial charge in [0, 0.05) is 65.7 Å².